The van der Waals surface area contributed by atoms with Gasteiger partial charge in [-0.1, -0.05) is 20.3 Å². The van der Waals surface area contributed by atoms with Crippen molar-refractivity contribution in [3.63, 3.8) is 0 Å². The van der Waals surface area contributed by atoms with Crippen molar-refractivity contribution in [3.8, 4) is 12.3 Å². The van der Waals surface area contributed by atoms with Gasteiger partial charge < -0.3 is 0 Å². The van der Waals surface area contributed by atoms with Crippen LogP contribution in [0.25, 0.3) is 0 Å². The highest BCUT2D eigenvalue weighted by molar-refractivity contribution is 5.17. The molecule has 1 aromatic heterocycles. The first-order chi connectivity index (χ1) is 8.59. The second kappa shape index (κ2) is 3.88. The second-order valence-corrected chi connectivity index (χ2v) is 6.69. The van der Waals surface area contributed by atoms with Crippen LogP contribution in [0.5, 0.6) is 0 Å². The van der Waals surface area contributed by atoms with Crippen molar-refractivity contribution in [2.24, 2.45) is 5.41 Å². The lowest BCUT2D eigenvalue weighted by atomic mass is 9.48. The maximum Gasteiger partial charge on any atom is 0.0746 e. The lowest BCUT2D eigenvalue weighted by Crippen LogP contribution is -2.56. The van der Waals surface area contributed by atoms with Crippen LogP contribution in [0.3, 0.4) is 0 Å². The van der Waals surface area contributed by atoms with Crippen LogP contribution >= 0.6 is 0 Å². The van der Waals surface area contributed by atoms with Gasteiger partial charge in [-0.2, -0.15) is 5.10 Å². The van der Waals surface area contributed by atoms with E-state index >= 15 is 0 Å². The summed E-state index contributed by atoms with van der Waals surface area (Å²) in [5, 5.41) is 4.60. The fraction of sp³-hybridized carbons (Fsp3) is 0.688. The third-order valence-corrected chi connectivity index (χ3v) is 5.01. The second-order valence-electron chi connectivity index (χ2n) is 6.69. The summed E-state index contributed by atoms with van der Waals surface area (Å²) in [5.74, 6) is 3.41. The summed E-state index contributed by atoms with van der Waals surface area (Å²) in [5.41, 5.74) is 2.07. The fourth-order valence-electron chi connectivity index (χ4n) is 3.83. The van der Waals surface area contributed by atoms with Crippen molar-refractivity contribution < 1.29 is 0 Å². The summed E-state index contributed by atoms with van der Waals surface area (Å²) in [4.78, 5) is 0. The normalized spacial score (nSPS) is 23.4. The first-order valence-electron chi connectivity index (χ1n) is 7.08. The summed E-state index contributed by atoms with van der Waals surface area (Å²) in [6, 6.07) is 0. The van der Waals surface area contributed by atoms with Crippen molar-refractivity contribution in [2.75, 3.05) is 0 Å². The largest absolute Gasteiger partial charge is 0.265 e. The van der Waals surface area contributed by atoms with Gasteiger partial charge >= 0.3 is 0 Å². The van der Waals surface area contributed by atoms with Crippen LogP contribution < -0.4 is 0 Å². The van der Waals surface area contributed by atoms with Gasteiger partial charge in [0, 0.05) is 12.6 Å². The van der Waals surface area contributed by atoms with Crippen LogP contribution in [0.4, 0.5) is 0 Å². The molecule has 0 saturated heterocycles. The molecule has 0 atom stereocenters. The van der Waals surface area contributed by atoms with Crippen molar-refractivity contribution in [1.82, 2.24) is 9.78 Å². The van der Waals surface area contributed by atoms with Gasteiger partial charge in [0.05, 0.1) is 11.7 Å². The highest BCUT2D eigenvalue weighted by Gasteiger charge is 2.58. The molecule has 0 aliphatic heterocycles. The fourth-order valence-corrected chi connectivity index (χ4v) is 3.83. The van der Waals surface area contributed by atoms with E-state index in [0.29, 0.717) is 11.3 Å². The van der Waals surface area contributed by atoms with Gasteiger partial charge in [0.1, 0.15) is 0 Å². The predicted molar refractivity (Wildman–Crippen MR) is 73.3 cm³/mol. The Hall–Kier alpha value is -1.23. The molecule has 2 heteroatoms. The first-order valence-corrected chi connectivity index (χ1v) is 7.08. The highest BCUT2D eigenvalue weighted by atomic mass is 15.3. The van der Waals surface area contributed by atoms with E-state index in [0.717, 1.165) is 6.42 Å². The van der Waals surface area contributed by atoms with Gasteiger partial charge in [-0.3, -0.25) is 4.68 Å². The minimum atomic E-state index is 0.127. The number of terminal acetylenes is 1. The van der Waals surface area contributed by atoms with Crippen LogP contribution in [0.2, 0.25) is 0 Å². The Kier molecular flexibility index (Phi) is 2.55. The Balaban J connectivity index is 1.84. The van der Waals surface area contributed by atoms with Crippen LogP contribution in [-0.4, -0.2) is 9.78 Å². The third kappa shape index (κ3) is 1.61. The average Bonchev–Trinajstić information content (AvgIpc) is 2.69. The molecule has 1 spiro atoms. The zero-order chi connectivity index (χ0) is 12.8. The van der Waals surface area contributed by atoms with E-state index in [1.807, 2.05) is 6.20 Å². The van der Waals surface area contributed by atoms with E-state index in [1.165, 1.54) is 37.7 Å². The first kappa shape index (κ1) is 11.8. The summed E-state index contributed by atoms with van der Waals surface area (Å²) in [6.07, 6.45) is 17.3. The van der Waals surface area contributed by atoms with Crippen LogP contribution in [0, 0.1) is 17.8 Å². The molecular weight excluding hydrogens is 220 g/mol. The molecule has 2 fully saturated rings. The smallest absolute Gasteiger partial charge is 0.0746 e. The monoisotopic (exact) mass is 242 g/mol. The standard InChI is InChI=1S/C16H22N2/c1-4-6-16(11-15(12-16)7-5-8-15)18-10-14(9-17-18)13(2)3/h1,9-10,13H,5-8,11-12H2,2-3H3. The predicted octanol–water partition coefficient (Wildman–Crippen LogP) is 3.69. The zero-order valence-corrected chi connectivity index (χ0v) is 11.4. The lowest BCUT2D eigenvalue weighted by Gasteiger charge is -2.60. The molecule has 0 aromatic carbocycles. The molecule has 0 amide bonds. The Bertz CT molecular complexity index is 477. The van der Waals surface area contributed by atoms with Gasteiger partial charge in [-0.05, 0) is 42.6 Å². The topological polar surface area (TPSA) is 17.8 Å². The van der Waals surface area contributed by atoms with Crippen LogP contribution in [0.15, 0.2) is 12.4 Å². The summed E-state index contributed by atoms with van der Waals surface area (Å²) in [7, 11) is 0. The van der Waals surface area contributed by atoms with Crippen molar-refractivity contribution >= 4 is 0 Å². The Morgan fingerprint density at radius 1 is 1.44 bits per heavy atom. The van der Waals surface area contributed by atoms with Crippen LogP contribution in [0.1, 0.15) is 63.9 Å². The average molecular weight is 242 g/mol. The van der Waals surface area contributed by atoms with Crippen molar-refractivity contribution in [2.45, 2.75) is 63.8 Å². The molecular formula is C16H22N2. The molecule has 2 saturated carbocycles. The van der Waals surface area contributed by atoms with E-state index in [1.54, 1.807) is 0 Å². The molecule has 0 bridgehead atoms. The summed E-state index contributed by atoms with van der Waals surface area (Å²) in [6.45, 7) is 4.42. The van der Waals surface area contributed by atoms with Gasteiger partial charge in [-0.15, -0.1) is 12.3 Å². The molecule has 0 unspecified atom stereocenters. The number of hydrogen-bond donors (Lipinski definition) is 0. The Morgan fingerprint density at radius 2 is 2.17 bits per heavy atom. The molecule has 0 radical (unpaired) electrons. The SMILES string of the molecule is C#CCC1(n2cc(C(C)C)cn2)CC2(CCC2)C1. The maximum atomic E-state index is 5.58. The Labute approximate surface area is 110 Å². The number of aromatic nitrogens is 2. The molecule has 2 aliphatic rings. The number of hydrogen-bond acceptors (Lipinski definition) is 1. The zero-order valence-electron chi connectivity index (χ0n) is 11.4. The Morgan fingerprint density at radius 3 is 2.61 bits per heavy atom. The highest BCUT2D eigenvalue weighted by Crippen LogP contribution is 2.64. The molecule has 0 N–H and O–H groups in total. The summed E-state index contributed by atoms with van der Waals surface area (Å²) >= 11 is 0. The van der Waals surface area contributed by atoms with E-state index in [-0.39, 0.29) is 5.54 Å². The molecule has 1 aromatic rings. The van der Waals surface area contributed by atoms with E-state index < -0.39 is 0 Å². The molecule has 2 nitrogen and oxygen atoms in total. The number of rotatable bonds is 3. The van der Waals surface area contributed by atoms with Crippen LogP contribution in [-0.2, 0) is 5.54 Å². The summed E-state index contributed by atoms with van der Waals surface area (Å²) < 4.78 is 2.17. The van der Waals surface area contributed by atoms with Crippen molar-refractivity contribution in [1.29, 1.82) is 0 Å². The van der Waals surface area contributed by atoms with Gasteiger partial charge in [0.2, 0.25) is 0 Å². The number of nitrogens with zero attached hydrogens (tertiary/aromatic N) is 2. The van der Waals surface area contributed by atoms with Crippen molar-refractivity contribution in [3.05, 3.63) is 18.0 Å². The molecule has 2 aliphatic carbocycles. The van der Waals surface area contributed by atoms with Gasteiger partial charge in [0.25, 0.3) is 0 Å². The molecule has 3 rings (SSSR count). The van der Waals surface area contributed by atoms with E-state index in [2.05, 4.69) is 35.7 Å². The van der Waals surface area contributed by atoms with Gasteiger partial charge in [0.15, 0.2) is 0 Å². The van der Waals surface area contributed by atoms with Gasteiger partial charge in [-0.25, -0.2) is 0 Å². The molecule has 18 heavy (non-hydrogen) atoms. The minimum Gasteiger partial charge on any atom is -0.265 e. The third-order valence-electron chi connectivity index (χ3n) is 5.01. The molecule has 96 valence electrons. The van der Waals surface area contributed by atoms with E-state index in [4.69, 9.17) is 6.42 Å². The quantitative estimate of drug-likeness (QED) is 0.739. The van der Waals surface area contributed by atoms with E-state index in [9.17, 15) is 0 Å². The molecule has 1 heterocycles. The maximum absolute atomic E-state index is 5.58. The minimum absolute atomic E-state index is 0.127. The lowest BCUT2D eigenvalue weighted by molar-refractivity contribution is -0.0895.